The highest BCUT2D eigenvalue weighted by Gasteiger charge is 2.18. The van der Waals surface area contributed by atoms with E-state index >= 15 is 0 Å². The number of nitro groups is 1. The molecule has 1 aliphatic rings. The summed E-state index contributed by atoms with van der Waals surface area (Å²) in [7, 11) is 1.63. The van der Waals surface area contributed by atoms with Gasteiger partial charge in [0, 0.05) is 13.1 Å². The van der Waals surface area contributed by atoms with Gasteiger partial charge in [-0.05, 0) is 4.92 Å². The first kappa shape index (κ1) is 6.03. The maximum atomic E-state index is 9.96. The third kappa shape index (κ3) is 1.17. The molecule has 0 saturated heterocycles. The lowest BCUT2D eigenvalue weighted by molar-refractivity contribution is -0.433. The van der Waals surface area contributed by atoms with Crippen LogP contribution in [0.4, 0.5) is 0 Å². The maximum Gasteiger partial charge on any atom is 0.332 e. The molecule has 0 unspecified atom stereocenters. The van der Waals surface area contributed by atoms with Crippen molar-refractivity contribution in [2.45, 2.75) is 0 Å². The first-order valence-corrected chi connectivity index (χ1v) is 2.31. The third-order valence-corrected chi connectivity index (χ3v) is 0.874. The minimum atomic E-state index is -0.503. The standard InChI is InChI=1S/C4H5N3O2/c1-6-3-2-4(5-6)7(8)9/h2,5H,1H3. The lowest BCUT2D eigenvalue weighted by atomic mass is 10.6. The van der Waals surface area contributed by atoms with Gasteiger partial charge in [0.05, 0.1) is 0 Å². The summed E-state index contributed by atoms with van der Waals surface area (Å²) in [6.45, 7) is 2.57. The van der Waals surface area contributed by atoms with Crippen molar-refractivity contribution >= 4 is 0 Å². The van der Waals surface area contributed by atoms with Gasteiger partial charge in [-0.15, -0.1) is 5.01 Å². The van der Waals surface area contributed by atoms with Gasteiger partial charge in [-0.2, -0.15) is 5.43 Å². The topological polar surface area (TPSA) is 58.4 Å². The lowest BCUT2D eigenvalue weighted by Gasteiger charge is -2.00. The number of hydrogen-bond donors (Lipinski definition) is 1. The SMILES string of the molecule is CN1[C]C=C([N+](=O)[O-])N1. The van der Waals surface area contributed by atoms with E-state index in [0.29, 0.717) is 0 Å². The van der Waals surface area contributed by atoms with Crippen molar-refractivity contribution in [3.63, 3.8) is 0 Å². The molecule has 0 spiro atoms. The predicted molar refractivity (Wildman–Crippen MR) is 29.2 cm³/mol. The van der Waals surface area contributed by atoms with E-state index in [1.165, 1.54) is 11.1 Å². The van der Waals surface area contributed by atoms with Crippen LogP contribution in [0.25, 0.3) is 0 Å². The van der Waals surface area contributed by atoms with Crippen LogP contribution >= 0.6 is 0 Å². The van der Waals surface area contributed by atoms with E-state index in [1.54, 1.807) is 7.05 Å². The fraction of sp³-hybridized carbons (Fsp3) is 0.250. The number of rotatable bonds is 1. The summed E-state index contributed by atoms with van der Waals surface area (Å²) in [6.07, 6.45) is 1.28. The molecule has 5 heteroatoms. The van der Waals surface area contributed by atoms with Crippen LogP contribution < -0.4 is 5.43 Å². The molecule has 1 heterocycles. The molecule has 9 heavy (non-hydrogen) atoms. The average Bonchev–Trinajstić information content (AvgIpc) is 2.14. The molecule has 48 valence electrons. The second-order valence-corrected chi connectivity index (χ2v) is 1.59. The van der Waals surface area contributed by atoms with Gasteiger partial charge in [0.25, 0.3) is 0 Å². The van der Waals surface area contributed by atoms with Crippen molar-refractivity contribution in [1.29, 1.82) is 0 Å². The van der Waals surface area contributed by atoms with E-state index in [2.05, 4.69) is 12.0 Å². The Morgan fingerprint density at radius 2 is 2.67 bits per heavy atom. The van der Waals surface area contributed by atoms with E-state index in [4.69, 9.17) is 0 Å². The van der Waals surface area contributed by atoms with Crippen molar-refractivity contribution in [2.75, 3.05) is 7.05 Å². The molecule has 1 N–H and O–H groups in total. The fourth-order valence-corrected chi connectivity index (χ4v) is 0.488. The summed E-state index contributed by atoms with van der Waals surface area (Å²) in [5.41, 5.74) is 2.44. The van der Waals surface area contributed by atoms with E-state index in [-0.39, 0.29) is 5.82 Å². The molecule has 0 aliphatic carbocycles. The highest BCUT2D eigenvalue weighted by atomic mass is 16.6. The Hall–Kier alpha value is -1.10. The van der Waals surface area contributed by atoms with Gasteiger partial charge in [-0.3, -0.25) is 0 Å². The van der Waals surface area contributed by atoms with Gasteiger partial charge in [0.15, 0.2) is 0 Å². The maximum absolute atomic E-state index is 9.96. The van der Waals surface area contributed by atoms with Crippen LogP contribution in [-0.4, -0.2) is 17.0 Å². The van der Waals surface area contributed by atoms with Crippen LogP contribution in [0.15, 0.2) is 11.9 Å². The molecule has 0 amide bonds. The Labute approximate surface area is 52.1 Å². The molecule has 0 aromatic rings. The van der Waals surface area contributed by atoms with Crippen LogP contribution in [-0.2, 0) is 0 Å². The second kappa shape index (κ2) is 2.02. The van der Waals surface area contributed by atoms with Crippen LogP contribution in [0.5, 0.6) is 0 Å². The molecule has 5 nitrogen and oxygen atoms in total. The Morgan fingerprint density at radius 1 is 2.00 bits per heavy atom. The first-order valence-electron chi connectivity index (χ1n) is 2.31. The summed E-state index contributed by atoms with van der Waals surface area (Å²) in [6, 6.07) is 0. The molecule has 0 bridgehead atoms. The minimum Gasteiger partial charge on any atom is -0.358 e. The van der Waals surface area contributed by atoms with Crippen molar-refractivity contribution in [1.82, 2.24) is 10.4 Å². The van der Waals surface area contributed by atoms with Crippen LogP contribution in [0.1, 0.15) is 0 Å². The smallest absolute Gasteiger partial charge is 0.332 e. The van der Waals surface area contributed by atoms with Crippen LogP contribution in [0, 0.1) is 16.7 Å². The van der Waals surface area contributed by atoms with Crippen molar-refractivity contribution in [3.05, 3.63) is 28.6 Å². The molecule has 0 saturated carbocycles. The molecule has 0 aromatic carbocycles. The highest BCUT2D eigenvalue weighted by Crippen LogP contribution is 2.02. The monoisotopic (exact) mass is 127 g/mol. The van der Waals surface area contributed by atoms with E-state index in [1.807, 2.05) is 0 Å². The zero-order valence-corrected chi connectivity index (χ0v) is 4.79. The zero-order chi connectivity index (χ0) is 6.85. The van der Waals surface area contributed by atoms with Gasteiger partial charge >= 0.3 is 5.82 Å². The summed E-state index contributed by atoms with van der Waals surface area (Å²) in [5, 5.41) is 11.3. The van der Waals surface area contributed by atoms with Gasteiger partial charge in [0.2, 0.25) is 0 Å². The molecule has 2 radical (unpaired) electrons. The van der Waals surface area contributed by atoms with Crippen LogP contribution in [0.2, 0.25) is 0 Å². The number of nitrogens with zero attached hydrogens (tertiary/aromatic N) is 2. The van der Waals surface area contributed by atoms with E-state index in [9.17, 15) is 10.1 Å². The average molecular weight is 127 g/mol. The highest BCUT2D eigenvalue weighted by molar-refractivity contribution is 5.03. The normalized spacial score (nSPS) is 19.0. The number of likely N-dealkylation sites (N-methyl/N-ethyl adjacent to an activating group) is 1. The van der Waals surface area contributed by atoms with E-state index in [0.717, 1.165) is 0 Å². The van der Waals surface area contributed by atoms with Gasteiger partial charge in [-0.1, -0.05) is 0 Å². The third-order valence-electron chi connectivity index (χ3n) is 0.874. The number of hydrazine groups is 1. The summed E-state index contributed by atoms with van der Waals surface area (Å²) >= 11 is 0. The Kier molecular flexibility index (Phi) is 1.35. The van der Waals surface area contributed by atoms with Gasteiger partial charge < -0.3 is 10.1 Å². The molecule has 0 fully saturated rings. The molecule has 1 aliphatic heterocycles. The Bertz CT molecular complexity index is 165. The number of nitrogens with one attached hydrogen (secondary N) is 1. The van der Waals surface area contributed by atoms with Gasteiger partial charge in [-0.25, -0.2) is 0 Å². The molecule has 1 rings (SSSR count). The molecular formula is C4H5N3O2. The van der Waals surface area contributed by atoms with Crippen molar-refractivity contribution < 1.29 is 4.92 Å². The first-order chi connectivity index (χ1) is 4.20. The molecular weight excluding hydrogens is 122 g/mol. The van der Waals surface area contributed by atoms with E-state index < -0.39 is 4.92 Å². The zero-order valence-electron chi connectivity index (χ0n) is 4.79. The van der Waals surface area contributed by atoms with Crippen molar-refractivity contribution in [2.24, 2.45) is 0 Å². The Morgan fingerprint density at radius 3 is 2.89 bits per heavy atom. The van der Waals surface area contributed by atoms with Crippen molar-refractivity contribution in [3.8, 4) is 0 Å². The number of hydrogen-bond acceptors (Lipinski definition) is 4. The predicted octanol–water partition coefficient (Wildman–Crippen LogP) is -0.407. The minimum absolute atomic E-state index is 0.0440. The molecule has 0 aromatic heterocycles. The lowest BCUT2D eigenvalue weighted by Crippen LogP contribution is -2.27. The molecule has 0 atom stereocenters. The quantitative estimate of drug-likeness (QED) is 0.384. The Balaban J connectivity index is 2.55. The summed E-state index contributed by atoms with van der Waals surface area (Å²) in [5.74, 6) is -0.0440. The van der Waals surface area contributed by atoms with Crippen LogP contribution in [0.3, 0.4) is 0 Å². The summed E-state index contributed by atoms with van der Waals surface area (Å²) < 4.78 is 0. The fourth-order valence-electron chi connectivity index (χ4n) is 0.488. The summed E-state index contributed by atoms with van der Waals surface area (Å²) in [4.78, 5) is 9.45. The largest absolute Gasteiger partial charge is 0.358 e. The van der Waals surface area contributed by atoms with Gasteiger partial charge in [0.1, 0.15) is 6.54 Å². The second-order valence-electron chi connectivity index (χ2n) is 1.59.